The number of nitrogens with two attached hydrogens (primary N) is 1. The molecule has 1 amide bonds. The number of carbonyl (C=O) groups is 1. The maximum Gasteiger partial charge on any atom is 0.275 e. The van der Waals surface area contributed by atoms with E-state index >= 15 is 0 Å². The van der Waals surface area contributed by atoms with E-state index in [0.717, 1.165) is 19.5 Å². The molecule has 0 aliphatic carbocycles. The van der Waals surface area contributed by atoms with Gasteiger partial charge in [-0.05, 0) is 30.4 Å². The van der Waals surface area contributed by atoms with E-state index < -0.39 is 0 Å². The summed E-state index contributed by atoms with van der Waals surface area (Å²) in [6.45, 7) is 2.20. The third kappa shape index (κ3) is 1.76. The molecule has 1 aromatic heterocycles. The summed E-state index contributed by atoms with van der Waals surface area (Å²) in [4.78, 5) is 13.6. The number of nitrogens with zero attached hydrogens (tertiary/aromatic N) is 3. The molecule has 2 rings (SSSR count). The Morgan fingerprint density at radius 1 is 1.79 bits per heavy atom. The summed E-state index contributed by atoms with van der Waals surface area (Å²) in [5.74, 6) is 0.431. The molecule has 1 aromatic rings. The number of aromatic nitrogens is 2. The molecule has 1 unspecified atom stereocenters. The van der Waals surface area contributed by atoms with Crippen LogP contribution in [0, 0.1) is 5.92 Å². The number of carbonyl (C=O) groups excluding carboxylic acids is 1. The second kappa shape index (κ2) is 4.02. The number of likely N-dealkylation sites (tertiary alicyclic amines) is 1. The summed E-state index contributed by atoms with van der Waals surface area (Å²) >= 11 is 1.20. The average molecular weight is 212 g/mol. The van der Waals surface area contributed by atoms with E-state index in [1.807, 2.05) is 0 Å². The van der Waals surface area contributed by atoms with Crippen LogP contribution in [0.5, 0.6) is 0 Å². The summed E-state index contributed by atoms with van der Waals surface area (Å²) < 4.78 is 3.67. The van der Waals surface area contributed by atoms with Crippen molar-refractivity contribution in [1.29, 1.82) is 0 Å². The van der Waals surface area contributed by atoms with Crippen LogP contribution in [0.1, 0.15) is 16.9 Å². The average Bonchev–Trinajstić information content (AvgIpc) is 2.88. The predicted octanol–water partition coefficient (Wildman–Crippen LogP) is -0.0411. The van der Waals surface area contributed by atoms with Crippen LogP contribution in [0.3, 0.4) is 0 Å². The summed E-state index contributed by atoms with van der Waals surface area (Å²) in [7, 11) is 0. The van der Waals surface area contributed by atoms with Crippen molar-refractivity contribution in [2.45, 2.75) is 6.42 Å². The van der Waals surface area contributed by atoms with Gasteiger partial charge in [-0.25, -0.2) is 0 Å². The van der Waals surface area contributed by atoms with Crippen LogP contribution in [0.15, 0.2) is 5.38 Å². The zero-order valence-corrected chi connectivity index (χ0v) is 8.54. The van der Waals surface area contributed by atoms with Crippen molar-refractivity contribution in [2.75, 3.05) is 19.6 Å². The molecule has 0 saturated carbocycles. The Kier molecular flexibility index (Phi) is 2.74. The molecule has 1 saturated heterocycles. The first-order valence-corrected chi connectivity index (χ1v) is 5.41. The van der Waals surface area contributed by atoms with Crippen LogP contribution in [0.4, 0.5) is 0 Å². The molecule has 76 valence electrons. The SMILES string of the molecule is NCC1CCN(C(=O)c2csnn2)C1. The van der Waals surface area contributed by atoms with Gasteiger partial charge in [0.2, 0.25) is 0 Å². The molecule has 1 fully saturated rings. The lowest BCUT2D eigenvalue weighted by Crippen LogP contribution is -2.30. The highest BCUT2D eigenvalue weighted by Crippen LogP contribution is 2.17. The van der Waals surface area contributed by atoms with Crippen LogP contribution in [-0.2, 0) is 0 Å². The normalized spacial score (nSPS) is 21.5. The van der Waals surface area contributed by atoms with Crippen molar-refractivity contribution in [3.05, 3.63) is 11.1 Å². The van der Waals surface area contributed by atoms with E-state index in [1.165, 1.54) is 11.5 Å². The van der Waals surface area contributed by atoms with E-state index in [0.29, 0.717) is 18.2 Å². The van der Waals surface area contributed by atoms with Crippen LogP contribution < -0.4 is 5.73 Å². The summed E-state index contributed by atoms with van der Waals surface area (Å²) in [5, 5.41) is 5.44. The Labute approximate surface area is 86.1 Å². The monoisotopic (exact) mass is 212 g/mol. The molecule has 2 heterocycles. The number of rotatable bonds is 2. The second-order valence-electron chi connectivity index (χ2n) is 3.43. The minimum Gasteiger partial charge on any atom is -0.337 e. The van der Waals surface area contributed by atoms with Gasteiger partial charge >= 0.3 is 0 Å². The van der Waals surface area contributed by atoms with Crippen molar-refractivity contribution in [1.82, 2.24) is 14.5 Å². The fraction of sp³-hybridized carbons (Fsp3) is 0.625. The first kappa shape index (κ1) is 9.54. The van der Waals surface area contributed by atoms with Crippen LogP contribution in [-0.4, -0.2) is 40.0 Å². The third-order valence-corrected chi connectivity index (χ3v) is 2.99. The van der Waals surface area contributed by atoms with Gasteiger partial charge in [-0.2, -0.15) is 0 Å². The van der Waals surface area contributed by atoms with Gasteiger partial charge in [-0.1, -0.05) is 4.49 Å². The zero-order valence-electron chi connectivity index (χ0n) is 7.72. The summed E-state index contributed by atoms with van der Waals surface area (Å²) in [6, 6.07) is 0. The number of hydrogen-bond acceptors (Lipinski definition) is 5. The number of amides is 1. The van der Waals surface area contributed by atoms with Crippen LogP contribution in [0.2, 0.25) is 0 Å². The van der Waals surface area contributed by atoms with Gasteiger partial charge in [0, 0.05) is 18.5 Å². The van der Waals surface area contributed by atoms with Gasteiger partial charge in [-0.3, -0.25) is 4.79 Å². The van der Waals surface area contributed by atoms with Gasteiger partial charge in [0.05, 0.1) is 0 Å². The third-order valence-electron chi connectivity index (χ3n) is 2.49. The molecule has 0 radical (unpaired) electrons. The maximum absolute atomic E-state index is 11.8. The van der Waals surface area contributed by atoms with Gasteiger partial charge < -0.3 is 10.6 Å². The molecule has 14 heavy (non-hydrogen) atoms. The van der Waals surface area contributed by atoms with Gasteiger partial charge in [0.25, 0.3) is 5.91 Å². The Bertz CT molecular complexity index is 313. The Morgan fingerprint density at radius 2 is 2.64 bits per heavy atom. The zero-order chi connectivity index (χ0) is 9.97. The molecule has 0 bridgehead atoms. The van der Waals surface area contributed by atoms with Gasteiger partial charge in [0.15, 0.2) is 5.69 Å². The standard InChI is InChI=1S/C8H12N4OS/c9-3-6-1-2-12(4-6)8(13)7-5-14-11-10-7/h5-6H,1-4,9H2. The van der Waals surface area contributed by atoms with Crippen molar-refractivity contribution in [3.8, 4) is 0 Å². The molecule has 1 aliphatic heterocycles. The fourth-order valence-corrected chi connectivity index (χ4v) is 2.06. The highest BCUT2D eigenvalue weighted by molar-refractivity contribution is 7.03. The lowest BCUT2D eigenvalue weighted by atomic mass is 10.1. The van der Waals surface area contributed by atoms with Crippen LogP contribution >= 0.6 is 11.5 Å². The second-order valence-corrected chi connectivity index (χ2v) is 4.04. The molecule has 1 aliphatic rings. The van der Waals surface area contributed by atoms with E-state index in [4.69, 9.17) is 5.73 Å². The summed E-state index contributed by atoms with van der Waals surface area (Å²) in [5.41, 5.74) is 6.00. The minimum absolute atomic E-state index is 0.0188. The predicted molar refractivity (Wildman–Crippen MR) is 53.0 cm³/mol. The van der Waals surface area contributed by atoms with Crippen LogP contribution in [0.25, 0.3) is 0 Å². The Balaban J connectivity index is 2.00. The Morgan fingerprint density at radius 3 is 3.21 bits per heavy atom. The van der Waals surface area contributed by atoms with Gasteiger partial charge in [0.1, 0.15) is 0 Å². The topological polar surface area (TPSA) is 72.1 Å². The lowest BCUT2D eigenvalue weighted by molar-refractivity contribution is 0.0782. The lowest BCUT2D eigenvalue weighted by Gasteiger charge is -2.13. The number of hydrogen-bond donors (Lipinski definition) is 1. The van der Waals surface area contributed by atoms with Crippen molar-refractivity contribution in [3.63, 3.8) is 0 Å². The van der Waals surface area contributed by atoms with Crippen molar-refractivity contribution >= 4 is 17.4 Å². The largest absolute Gasteiger partial charge is 0.337 e. The molecule has 0 aromatic carbocycles. The first-order chi connectivity index (χ1) is 6.81. The molecule has 0 spiro atoms. The highest BCUT2D eigenvalue weighted by Gasteiger charge is 2.26. The Hall–Kier alpha value is -1.01. The minimum atomic E-state index is -0.0188. The molecular formula is C8H12N4OS. The van der Waals surface area contributed by atoms with E-state index in [1.54, 1.807) is 10.3 Å². The van der Waals surface area contributed by atoms with E-state index in [2.05, 4.69) is 9.59 Å². The van der Waals surface area contributed by atoms with E-state index in [9.17, 15) is 4.79 Å². The molecule has 5 nitrogen and oxygen atoms in total. The van der Waals surface area contributed by atoms with Gasteiger partial charge in [-0.15, -0.1) is 5.10 Å². The first-order valence-electron chi connectivity index (χ1n) is 4.57. The molecule has 2 N–H and O–H groups in total. The molecular weight excluding hydrogens is 200 g/mol. The molecule has 1 atom stereocenters. The quantitative estimate of drug-likeness (QED) is 0.746. The summed E-state index contributed by atoms with van der Waals surface area (Å²) in [6.07, 6.45) is 1.000. The fourth-order valence-electron chi connectivity index (χ4n) is 1.63. The van der Waals surface area contributed by atoms with Crippen molar-refractivity contribution in [2.24, 2.45) is 11.7 Å². The smallest absolute Gasteiger partial charge is 0.275 e. The van der Waals surface area contributed by atoms with Crippen molar-refractivity contribution < 1.29 is 4.79 Å². The van der Waals surface area contributed by atoms with E-state index in [-0.39, 0.29) is 5.91 Å². The highest BCUT2D eigenvalue weighted by atomic mass is 32.1. The maximum atomic E-state index is 11.8. The molecule has 6 heteroatoms.